The van der Waals surface area contributed by atoms with Gasteiger partial charge in [0.25, 0.3) is 5.91 Å². The number of hydrogen-bond donors (Lipinski definition) is 2. The Labute approximate surface area is 114 Å². The molecule has 6 heteroatoms. The molecule has 0 bridgehead atoms. The van der Waals surface area contributed by atoms with Crippen molar-refractivity contribution < 1.29 is 13.9 Å². The minimum atomic E-state index is -0.701. The number of para-hydroxylation sites is 1. The molecule has 2 aromatic rings. The number of nitriles is 1. The van der Waals surface area contributed by atoms with E-state index < -0.39 is 11.7 Å². The lowest BCUT2D eigenvalue weighted by atomic mass is 10.1. The second-order valence-corrected chi connectivity index (χ2v) is 3.91. The standard InChI is InChI=1S/C14H10FN3O2/c15-10-4-2-5-11(9(10)7-16)20-12-6-1-3-8(13(12)17)14(18)19/h1-6H,17H2,(H2,18,19). The van der Waals surface area contributed by atoms with Crippen molar-refractivity contribution in [3.8, 4) is 17.6 Å². The molecule has 0 radical (unpaired) electrons. The Morgan fingerprint density at radius 2 is 1.85 bits per heavy atom. The van der Waals surface area contributed by atoms with Crippen molar-refractivity contribution >= 4 is 11.6 Å². The van der Waals surface area contributed by atoms with Gasteiger partial charge in [-0.3, -0.25) is 4.79 Å². The van der Waals surface area contributed by atoms with Crippen LogP contribution in [-0.2, 0) is 0 Å². The number of carbonyl (C=O) groups excluding carboxylic acids is 1. The highest BCUT2D eigenvalue weighted by molar-refractivity contribution is 5.99. The fraction of sp³-hybridized carbons (Fsp3) is 0. The van der Waals surface area contributed by atoms with Crippen LogP contribution in [0.3, 0.4) is 0 Å². The van der Waals surface area contributed by atoms with Gasteiger partial charge in [-0.25, -0.2) is 4.39 Å². The Hall–Kier alpha value is -3.07. The summed E-state index contributed by atoms with van der Waals surface area (Å²) in [5.41, 5.74) is 10.8. The number of benzene rings is 2. The Bertz CT molecular complexity index is 723. The number of nitrogen functional groups attached to an aromatic ring is 1. The second-order valence-electron chi connectivity index (χ2n) is 3.91. The van der Waals surface area contributed by atoms with Crippen molar-refractivity contribution in [3.63, 3.8) is 0 Å². The third kappa shape index (κ3) is 2.37. The molecule has 0 aromatic heterocycles. The van der Waals surface area contributed by atoms with Crippen LogP contribution in [0.4, 0.5) is 10.1 Å². The van der Waals surface area contributed by atoms with E-state index in [0.717, 1.165) is 6.07 Å². The summed E-state index contributed by atoms with van der Waals surface area (Å²) in [6.07, 6.45) is 0. The summed E-state index contributed by atoms with van der Waals surface area (Å²) in [6, 6.07) is 10.2. The van der Waals surface area contributed by atoms with Crippen molar-refractivity contribution in [3.05, 3.63) is 53.3 Å². The molecule has 0 atom stereocenters. The van der Waals surface area contributed by atoms with Crippen LogP contribution < -0.4 is 16.2 Å². The van der Waals surface area contributed by atoms with Crippen molar-refractivity contribution in [2.75, 3.05) is 5.73 Å². The normalized spacial score (nSPS) is 9.80. The Balaban J connectivity index is 2.47. The zero-order valence-corrected chi connectivity index (χ0v) is 10.3. The first-order valence-electron chi connectivity index (χ1n) is 5.59. The van der Waals surface area contributed by atoms with Gasteiger partial charge in [0.2, 0.25) is 0 Å². The number of primary amides is 1. The monoisotopic (exact) mass is 271 g/mol. The number of hydrogen-bond acceptors (Lipinski definition) is 4. The molecule has 0 aliphatic carbocycles. The van der Waals surface area contributed by atoms with E-state index in [4.69, 9.17) is 21.5 Å². The Morgan fingerprint density at radius 1 is 1.20 bits per heavy atom. The number of halogens is 1. The van der Waals surface area contributed by atoms with E-state index in [1.807, 2.05) is 0 Å². The summed E-state index contributed by atoms with van der Waals surface area (Å²) in [4.78, 5) is 11.2. The second kappa shape index (κ2) is 5.28. The van der Waals surface area contributed by atoms with Crippen molar-refractivity contribution in [1.29, 1.82) is 5.26 Å². The predicted octanol–water partition coefficient (Wildman–Crippen LogP) is 2.17. The van der Waals surface area contributed by atoms with Gasteiger partial charge in [-0.05, 0) is 24.3 Å². The highest BCUT2D eigenvalue weighted by Crippen LogP contribution is 2.32. The molecular formula is C14H10FN3O2. The first kappa shape index (κ1) is 13.4. The van der Waals surface area contributed by atoms with E-state index in [2.05, 4.69) is 0 Å². The maximum absolute atomic E-state index is 13.5. The van der Waals surface area contributed by atoms with E-state index in [-0.39, 0.29) is 28.3 Å². The lowest BCUT2D eigenvalue weighted by molar-refractivity contribution is 0.100. The smallest absolute Gasteiger partial charge is 0.250 e. The number of carbonyl (C=O) groups is 1. The molecule has 100 valence electrons. The summed E-state index contributed by atoms with van der Waals surface area (Å²) in [5, 5.41) is 8.91. The van der Waals surface area contributed by atoms with Crippen LogP contribution in [0.25, 0.3) is 0 Å². The van der Waals surface area contributed by atoms with Gasteiger partial charge >= 0.3 is 0 Å². The van der Waals surface area contributed by atoms with E-state index in [1.165, 1.54) is 30.3 Å². The molecule has 0 aliphatic rings. The van der Waals surface area contributed by atoms with Gasteiger partial charge in [-0.2, -0.15) is 5.26 Å². The largest absolute Gasteiger partial charge is 0.454 e. The maximum Gasteiger partial charge on any atom is 0.250 e. The summed E-state index contributed by atoms with van der Waals surface area (Å²) in [7, 11) is 0. The fourth-order valence-electron chi connectivity index (χ4n) is 1.66. The van der Waals surface area contributed by atoms with Gasteiger partial charge in [0.05, 0.1) is 11.3 Å². The van der Waals surface area contributed by atoms with Gasteiger partial charge in [-0.15, -0.1) is 0 Å². The molecule has 0 heterocycles. The lowest BCUT2D eigenvalue weighted by Crippen LogP contribution is -2.13. The van der Waals surface area contributed by atoms with Gasteiger partial charge in [0.1, 0.15) is 23.2 Å². The van der Waals surface area contributed by atoms with Crippen LogP contribution in [0, 0.1) is 17.1 Å². The zero-order chi connectivity index (χ0) is 14.7. The number of amides is 1. The third-order valence-electron chi connectivity index (χ3n) is 2.64. The molecule has 4 N–H and O–H groups in total. The Kier molecular flexibility index (Phi) is 3.53. The van der Waals surface area contributed by atoms with E-state index in [1.54, 1.807) is 6.07 Å². The van der Waals surface area contributed by atoms with Crippen LogP contribution in [0.2, 0.25) is 0 Å². The molecule has 2 rings (SSSR count). The summed E-state index contributed by atoms with van der Waals surface area (Å²) < 4.78 is 18.9. The van der Waals surface area contributed by atoms with Gasteiger partial charge < -0.3 is 16.2 Å². The number of nitrogens with zero attached hydrogens (tertiary/aromatic N) is 1. The molecule has 0 fully saturated rings. The molecular weight excluding hydrogens is 261 g/mol. The van der Waals surface area contributed by atoms with E-state index in [9.17, 15) is 9.18 Å². The molecule has 0 unspecified atom stereocenters. The molecule has 0 saturated carbocycles. The first-order valence-corrected chi connectivity index (χ1v) is 5.59. The molecule has 0 aliphatic heterocycles. The first-order chi connectivity index (χ1) is 9.54. The number of nitrogens with two attached hydrogens (primary N) is 2. The number of anilines is 1. The average Bonchev–Trinajstić information content (AvgIpc) is 2.41. The summed E-state index contributed by atoms with van der Waals surface area (Å²) in [6.45, 7) is 0. The molecule has 0 spiro atoms. The minimum Gasteiger partial charge on any atom is -0.454 e. The van der Waals surface area contributed by atoms with Gasteiger partial charge in [-0.1, -0.05) is 12.1 Å². The summed E-state index contributed by atoms with van der Waals surface area (Å²) in [5.74, 6) is -1.26. The van der Waals surface area contributed by atoms with Crippen molar-refractivity contribution in [1.82, 2.24) is 0 Å². The molecule has 20 heavy (non-hydrogen) atoms. The zero-order valence-electron chi connectivity index (χ0n) is 10.3. The van der Waals surface area contributed by atoms with Crippen LogP contribution in [0.1, 0.15) is 15.9 Å². The SMILES string of the molecule is N#Cc1c(F)cccc1Oc1cccc(C(N)=O)c1N. The van der Waals surface area contributed by atoms with E-state index >= 15 is 0 Å². The molecule has 0 saturated heterocycles. The highest BCUT2D eigenvalue weighted by atomic mass is 19.1. The molecule has 5 nitrogen and oxygen atoms in total. The molecule has 2 aromatic carbocycles. The quantitative estimate of drug-likeness (QED) is 0.835. The topological polar surface area (TPSA) is 102 Å². The van der Waals surface area contributed by atoms with Gasteiger partial charge in [0.15, 0.2) is 5.75 Å². The third-order valence-corrected chi connectivity index (χ3v) is 2.64. The van der Waals surface area contributed by atoms with Crippen LogP contribution >= 0.6 is 0 Å². The fourth-order valence-corrected chi connectivity index (χ4v) is 1.66. The molecule has 1 amide bonds. The Morgan fingerprint density at radius 3 is 2.50 bits per heavy atom. The minimum absolute atomic E-state index is 0.0146. The number of ether oxygens (including phenoxy) is 1. The van der Waals surface area contributed by atoms with Crippen LogP contribution in [-0.4, -0.2) is 5.91 Å². The maximum atomic E-state index is 13.5. The van der Waals surface area contributed by atoms with Gasteiger partial charge in [0, 0.05) is 0 Å². The average molecular weight is 271 g/mol. The van der Waals surface area contributed by atoms with Crippen LogP contribution in [0.5, 0.6) is 11.5 Å². The number of rotatable bonds is 3. The van der Waals surface area contributed by atoms with Crippen LogP contribution in [0.15, 0.2) is 36.4 Å². The van der Waals surface area contributed by atoms with Crippen molar-refractivity contribution in [2.24, 2.45) is 5.73 Å². The predicted molar refractivity (Wildman–Crippen MR) is 70.6 cm³/mol. The lowest BCUT2D eigenvalue weighted by Gasteiger charge is -2.11. The summed E-state index contributed by atoms with van der Waals surface area (Å²) >= 11 is 0. The highest BCUT2D eigenvalue weighted by Gasteiger charge is 2.14. The van der Waals surface area contributed by atoms with E-state index in [0.29, 0.717) is 0 Å². The van der Waals surface area contributed by atoms with Crippen molar-refractivity contribution in [2.45, 2.75) is 0 Å².